The van der Waals surface area contributed by atoms with E-state index < -0.39 is 5.60 Å². The molecule has 1 N–H and O–H groups in total. The van der Waals surface area contributed by atoms with Crippen molar-refractivity contribution in [2.45, 2.75) is 55.4 Å². The topological polar surface area (TPSA) is 49.2 Å². The molecule has 2 aliphatic rings. The zero-order valence-electron chi connectivity index (χ0n) is 14.9. The summed E-state index contributed by atoms with van der Waals surface area (Å²) in [5.74, 6) is 1.51. The molecule has 4 rings (SSSR count). The first-order chi connectivity index (χ1) is 12.2. The molecule has 0 amide bonds. The third-order valence-corrected chi connectivity index (χ3v) is 6.84. The van der Waals surface area contributed by atoms with Gasteiger partial charge in [-0.1, -0.05) is 19.3 Å². The van der Waals surface area contributed by atoms with Gasteiger partial charge in [0.1, 0.15) is 12.1 Å². The number of benzene rings is 1. The minimum absolute atomic E-state index is 0.468. The maximum Gasteiger partial charge on any atom is 0.139 e. The summed E-state index contributed by atoms with van der Waals surface area (Å²) in [6.07, 6.45) is 11.8. The van der Waals surface area contributed by atoms with Crippen molar-refractivity contribution in [3.05, 3.63) is 24.5 Å². The van der Waals surface area contributed by atoms with Gasteiger partial charge in [-0.3, -0.25) is 0 Å². The molecule has 2 aromatic rings. The fraction of sp³-hybridized carbons (Fsp3) is 0.600. The Hall–Kier alpha value is -1.33. The molecule has 1 saturated heterocycles. The SMILES string of the molecule is CSc1ccc2ncnc(N3CCC(O)(C4CCCCC4)CC3)c2c1. The van der Waals surface area contributed by atoms with E-state index in [2.05, 4.69) is 39.3 Å². The molecule has 0 spiro atoms. The van der Waals surface area contributed by atoms with E-state index in [-0.39, 0.29) is 0 Å². The summed E-state index contributed by atoms with van der Waals surface area (Å²) >= 11 is 1.74. The van der Waals surface area contributed by atoms with E-state index in [0.717, 1.165) is 42.7 Å². The lowest BCUT2D eigenvalue weighted by molar-refractivity contribution is -0.0517. The molecule has 0 bridgehead atoms. The predicted octanol–water partition coefficient (Wildman–Crippen LogP) is 4.26. The van der Waals surface area contributed by atoms with Crippen molar-refractivity contribution in [3.63, 3.8) is 0 Å². The first kappa shape index (κ1) is 17.1. The van der Waals surface area contributed by atoms with Gasteiger partial charge in [-0.2, -0.15) is 0 Å². The average Bonchev–Trinajstić information content (AvgIpc) is 2.68. The van der Waals surface area contributed by atoms with Crippen molar-refractivity contribution in [3.8, 4) is 0 Å². The van der Waals surface area contributed by atoms with Crippen LogP contribution in [0.4, 0.5) is 5.82 Å². The first-order valence-corrected chi connectivity index (χ1v) is 10.7. The summed E-state index contributed by atoms with van der Waals surface area (Å²) < 4.78 is 0. The minimum atomic E-state index is -0.468. The van der Waals surface area contributed by atoms with Gasteiger partial charge in [0.05, 0.1) is 11.1 Å². The van der Waals surface area contributed by atoms with Crippen molar-refractivity contribution in [1.82, 2.24) is 9.97 Å². The van der Waals surface area contributed by atoms with Crippen LogP contribution in [0.5, 0.6) is 0 Å². The lowest BCUT2D eigenvalue weighted by Crippen LogP contribution is -2.49. The maximum absolute atomic E-state index is 11.2. The molecule has 4 nitrogen and oxygen atoms in total. The lowest BCUT2D eigenvalue weighted by Gasteiger charge is -2.44. The Bertz CT molecular complexity index is 737. The van der Waals surface area contributed by atoms with E-state index in [1.54, 1.807) is 18.1 Å². The van der Waals surface area contributed by atoms with Gasteiger partial charge in [-0.15, -0.1) is 11.8 Å². The quantitative estimate of drug-likeness (QED) is 0.832. The molecule has 1 aliphatic carbocycles. The number of anilines is 1. The molecule has 5 heteroatoms. The molecule has 25 heavy (non-hydrogen) atoms. The van der Waals surface area contributed by atoms with Crippen LogP contribution in [0.2, 0.25) is 0 Å². The third kappa shape index (κ3) is 3.36. The number of hydrogen-bond donors (Lipinski definition) is 1. The number of fused-ring (bicyclic) bond motifs is 1. The summed E-state index contributed by atoms with van der Waals surface area (Å²) in [5, 5.41) is 12.3. The monoisotopic (exact) mass is 357 g/mol. The van der Waals surface area contributed by atoms with E-state index in [0.29, 0.717) is 5.92 Å². The average molecular weight is 358 g/mol. The number of rotatable bonds is 3. The van der Waals surface area contributed by atoms with Crippen LogP contribution in [0.15, 0.2) is 29.4 Å². The molecule has 2 fully saturated rings. The fourth-order valence-electron chi connectivity index (χ4n) is 4.56. The van der Waals surface area contributed by atoms with Crippen molar-refractivity contribution in [2.75, 3.05) is 24.2 Å². The Morgan fingerprint density at radius 3 is 2.60 bits per heavy atom. The van der Waals surface area contributed by atoms with Crippen LogP contribution < -0.4 is 4.90 Å². The molecule has 0 unspecified atom stereocenters. The second kappa shape index (κ2) is 7.12. The van der Waals surface area contributed by atoms with Gasteiger partial charge in [0, 0.05) is 23.4 Å². The van der Waals surface area contributed by atoms with E-state index in [9.17, 15) is 5.11 Å². The normalized spacial score (nSPS) is 21.6. The van der Waals surface area contributed by atoms with E-state index in [1.807, 2.05) is 0 Å². The highest BCUT2D eigenvalue weighted by Crippen LogP contribution is 2.40. The second-order valence-electron chi connectivity index (χ2n) is 7.51. The second-order valence-corrected chi connectivity index (χ2v) is 8.39. The zero-order valence-corrected chi connectivity index (χ0v) is 15.8. The van der Waals surface area contributed by atoms with Crippen molar-refractivity contribution >= 4 is 28.5 Å². The Kier molecular flexibility index (Phi) is 4.87. The summed E-state index contributed by atoms with van der Waals surface area (Å²) in [4.78, 5) is 12.6. The number of aromatic nitrogens is 2. The molecule has 1 aromatic heterocycles. The molecule has 1 saturated carbocycles. The lowest BCUT2D eigenvalue weighted by atomic mass is 9.72. The fourth-order valence-corrected chi connectivity index (χ4v) is 4.99. The Labute approximate surface area is 154 Å². The highest BCUT2D eigenvalue weighted by atomic mass is 32.2. The van der Waals surface area contributed by atoms with Crippen molar-refractivity contribution < 1.29 is 5.11 Å². The Balaban J connectivity index is 1.55. The molecule has 0 atom stereocenters. The minimum Gasteiger partial charge on any atom is -0.389 e. The van der Waals surface area contributed by atoms with Crippen LogP contribution >= 0.6 is 11.8 Å². The van der Waals surface area contributed by atoms with Crippen molar-refractivity contribution in [1.29, 1.82) is 0 Å². The van der Waals surface area contributed by atoms with Gasteiger partial charge >= 0.3 is 0 Å². The van der Waals surface area contributed by atoms with Gasteiger partial charge in [0.25, 0.3) is 0 Å². The highest BCUT2D eigenvalue weighted by Gasteiger charge is 2.40. The predicted molar refractivity (Wildman–Crippen MR) is 104 cm³/mol. The number of piperidine rings is 1. The van der Waals surface area contributed by atoms with Crippen LogP contribution in [0.3, 0.4) is 0 Å². The van der Waals surface area contributed by atoms with Crippen LogP contribution in [0, 0.1) is 5.92 Å². The summed E-state index contributed by atoms with van der Waals surface area (Å²) in [6.45, 7) is 1.76. The summed E-state index contributed by atoms with van der Waals surface area (Å²) in [6, 6.07) is 6.38. The molecule has 0 radical (unpaired) electrons. The van der Waals surface area contributed by atoms with Crippen LogP contribution in [0.25, 0.3) is 10.9 Å². The molecule has 1 aromatic carbocycles. The van der Waals surface area contributed by atoms with Crippen LogP contribution in [0.1, 0.15) is 44.9 Å². The van der Waals surface area contributed by atoms with Gasteiger partial charge in [0.15, 0.2) is 0 Å². The summed E-state index contributed by atoms with van der Waals surface area (Å²) in [7, 11) is 0. The molecule has 2 heterocycles. The number of thioether (sulfide) groups is 1. The van der Waals surface area contributed by atoms with Crippen molar-refractivity contribution in [2.24, 2.45) is 5.92 Å². The van der Waals surface area contributed by atoms with Crippen LogP contribution in [-0.2, 0) is 0 Å². The molecule has 1 aliphatic heterocycles. The maximum atomic E-state index is 11.2. The van der Waals surface area contributed by atoms with Gasteiger partial charge < -0.3 is 10.0 Å². The van der Waals surface area contributed by atoms with E-state index in [4.69, 9.17) is 0 Å². The molecular weight excluding hydrogens is 330 g/mol. The van der Waals surface area contributed by atoms with Crippen LogP contribution in [-0.4, -0.2) is 40.0 Å². The zero-order chi connectivity index (χ0) is 17.3. The Morgan fingerprint density at radius 1 is 1.12 bits per heavy atom. The smallest absolute Gasteiger partial charge is 0.139 e. The standard InChI is InChI=1S/C20H27N3OS/c1-25-16-7-8-18-17(13-16)19(22-14-21-18)23-11-9-20(24,10-12-23)15-5-3-2-4-6-15/h7-8,13-15,24H,2-6,9-12H2,1H3. The first-order valence-electron chi connectivity index (χ1n) is 9.46. The third-order valence-electron chi connectivity index (χ3n) is 6.12. The molecular formula is C20H27N3OS. The Morgan fingerprint density at radius 2 is 1.88 bits per heavy atom. The largest absolute Gasteiger partial charge is 0.389 e. The van der Waals surface area contributed by atoms with Gasteiger partial charge in [0.2, 0.25) is 0 Å². The number of hydrogen-bond acceptors (Lipinski definition) is 5. The molecule has 134 valence electrons. The van der Waals surface area contributed by atoms with Gasteiger partial charge in [-0.05, 0) is 56.1 Å². The van der Waals surface area contributed by atoms with E-state index in [1.165, 1.54) is 37.0 Å². The highest BCUT2D eigenvalue weighted by molar-refractivity contribution is 7.98. The van der Waals surface area contributed by atoms with Gasteiger partial charge in [-0.25, -0.2) is 9.97 Å². The number of aliphatic hydroxyl groups is 1. The summed E-state index contributed by atoms with van der Waals surface area (Å²) in [5.41, 5.74) is 0.528. The van der Waals surface area contributed by atoms with E-state index >= 15 is 0 Å². The number of nitrogens with zero attached hydrogens (tertiary/aromatic N) is 3.